The Balaban J connectivity index is 1.65. The van der Waals surface area contributed by atoms with Crippen LogP contribution in [0.4, 0.5) is 0 Å². The number of ether oxygens (including phenoxy) is 2. The Hall–Kier alpha value is -3.24. The molecule has 0 fully saturated rings. The van der Waals surface area contributed by atoms with Crippen molar-refractivity contribution < 1.29 is 13.9 Å². The number of hydrogen-bond acceptors (Lipinski definition) is 4. The summed E-state index contributed by atoms with van der Waals surface area (Å²) in [6, 6.07) is 20.0. The van der Waals surface area contributed by atoms with Crippen LogP contribution in [0.3, 0.4) is 0 Å². The minimum absolute atomic E-state index is 0.118. The topological polar surface area (TPSA) is 48.7 Å². The summed E-state index contributed by atoms with van der Waals surface area (Å²) in [6.07, 6.45) is 1.46. The fourth-order valence-corrected chi connectivity index (χ4v) is 3.26. The lowest BCUT2D eigenvalue weighted by atomic mass is 10.0. The Morgan fingerprint density at radius 3 is 2.64 bits per heavy atom. The van der Waals surface area contributed by atoms with E-state index in [1.165, 1.54) is 6.26 Å². The minimum atomic E-state index is -0.118. The van der Waals surface area contributed by atoms with Crippen molar-refractivity contribution in [2.45, 2.75) is 6.61 Å². The Bertz CT molecular complexity index is 1200. The molecule has 0 aliphatic heterocycles. The van der Waals surface area contributed by atoms with E-state index in [0.29, 0.717) is 45.2 Å². The highest BCUT2D eigenvalue weighted by Gasteiger charge is 2.13. The van der Waals surface area contributed by atoms with E-state index < -0.39 is 0 Å². The van der Waals surface area contributed by atoms with Gasteiger partial charge in [0.2, 0.25) is 5.43 Å². The third-order valence-electron chi connectivity index (χ3n) is 4.44. The SMILES string of the molecule is COc1ccccc1-c1coc2cc(OCc3cccc(Cl)c3)ccc2c1=O. The number of para-hydroxylation sites is 1. The molecule has 0 saturated carbocycles. The molecule has 4 nitrogen and oxygen atoms in total. The van der Waals surface area contributed by atoms with E-state index in [-0.39, 0.29) is 5.43 Å². The lowest BCUT2D eigenvalue weighted by molar-refractivity contribution is 0.306. The normalized spacial score (nSPS) is 10.8. The average Bonchev–Trinajstić information content (AvgIpc) is 2.72. The molecule has 0 aliphatic carbocycles. The van der Waals surface area contributed by atoms with Crippen molar-refractivity contribution >= 4 is 22.6 Å². The molecule has 1 aromatic heterocycles. The Labute approximate surface area is 166 Å². The van der Waals surface area contributed by atoms with Crippen molar-refractivity contribution in [2.75, 3.05) is 7.11 Å². The molecule has 140 valence electrons. The monoisotopic (exact) mass is 392 g/mol. The Morgan fingerprint density at radius 1 is 0.964 bits per heavy atom. The first-order valence-electron chi connectivity index (χ1n) is 8.72. The zero-order valence-electron chi connectivity index (χ0n) is 15.1. The van der Waals surface area contributed by atoms with Crippen LogP contribution < -0.4 is 14.9 Å². The van der Waals surface area contributed by atoms with Crippen LogP contribution >= 0.6 is 11.6 Å². The molecule has 0 radical (unpaired) electrons. The lowest BCUT2D eigenvalue weighted by Gasteiger charge is -2.09. The van der Waals surface area contributed by atoms with Crippen LogP contribution in [0.2, 0.25) is 5.02 Å². The molecule has 0 aliphatic rings. The predicted molar refractivity (Wildman–Crippen MR) is 110 cm³/mol. The zero-order chi connectivity index (χ0) is 19.5. The Morgan fingerprint density at radius 2 is 1.82 bits per heavy atom. The summed E-state index contributed by atoms with van der Waals surface area (Å²) < 4.78 is 16.9. The van der Waals surface area contributed by atoms with Gasteiger partial charge in [0, 0.05) is 16.7 Å². The van der Waals surface area contributed by atoms with Crippen LogP contribution in [0.1, 0.15) is 5.56 Å². The van der Waals surface area contributed by atoms with E-state index in [2.05, 4.69) is 0 Å². The zero-order valence-corrected chi connectivity index (χ0v) is 15.9. The van der Waals surface area contributed by atoms with Crippen molar-refractivity contribution in [1.29, 1.82) is 0 Å². The number of fused-ring (bicyclic) bond motifs is 1. The van der Waals surface area contributed by atoms with Crippen LogP contribution in [-0.2, 0) is 6.61 Å². The maximum atomic E-state index is 13.0. The van der Waals surface area contributed by atoms with E-state index >= 15 is 0 Å². The maximum Gasteiger partial charge on any atom is 0.200 e. The van der Waals surface area contributed by atoms with Crippen molar-refractivity contribution in [3.8, 4) is 22.6 Å². The van der Waals surface area contributed by atoms with Crippen molar-refractivity contribution in [3.05, 3.63) is 93.8 Å². The predicted octanol–water partition coefficient (Wildman–Crippen LogP) is 5.70. The minimum Gasteiger partial charge on any atom is -0.496 e. The summed E-state index contributed by atoms with van der Waals surface area (Å²) in [6.45, 7) is 0.371. The van der Waals surface area contributed by atoms with E-state index in [4.69, 9.17) is 25.5 Å². The second kappa shape index (κ2) is 7.79. The number of methoxy groups -OCH3 is 1. The van der Waals surface area contributed by atoms with Gasteiger partial charge in [-0.25, -0.2) is 0 Å². The van der Waals surface area contributed by atoms with Gasteiger partial charge in [0.1, 0.15) is 30.0 Å². The smallest absolute Gasteiger partial charge is 0.200 e. The summed E-state index contributed by atoms with van der Waals surface area (Å²) in [4.78, 5) is 13.0. The van der Waals surface area contributed by atoms with Gasteiger partial charge in [-0.1, -0.05) is 41.9 Å². The van der Waals surface area contributed by atoms with E-state index in [0.717, 1.165) is 5.56 Å². The molecule has 0 saturated heterocycles. The van der Waals surface area contributed by atoms with Gasteiger partial charge < -0.3 is 13.9 Å². The van der Waals surface area contributed by atoms with Crippen molar-refractivity contribution in [3.63, 3.8) is 0 Å². The first kappa shape index (κ1) is 18.1. The summed E-state index contributed by atoms with van der Waals surface area (Å²) in [5, 5.41) is 1.15. The number of rotatable bonds is 5. The van der Waals surface area contributed by atoms with Gasteiger partial charge in [0.05, 0.1) is 18.1 Å². The summed E-state index contributed by atoms with van der Waals surface area (Å²) in [7, 11) is 1.57. The van der Waals surface area contributed by atoms with Crippen molar-refractivity contribution in [2.24, 2.45) is 0 Å². The second-order valence-corrected chi connectivity index (χ2v) is 6.69. The highest BCUT2D eigenvalue weighted by Crippen LogP contribution is 2.29. The molecular formula is C23H17ClO4. The molecule has 0 spiro atoms. The maximum absolute atomic E-state index is 13.0. The Kier molecular flexibility index (Phi) is 5.04. The van der Waals surface area contributed by atoms with Crippen LogP contribution in [0.25, 0.3) is 22.1 Å². The van der Waals surface area contributed by atoms with Crippen LogP contribution in [0, 0.1) is 0 Å². The molecule has 0 amide bonds. The molecular weight excluding hydrogens is 376 g/mol. The summed E-state index contributed by atoms with van der Waals surface area (Å²) in [5.74, 6) is 1.23. The molecule has 5 heteroatoms. The van der Waals surface area contributed by atoms with Crippen molar-refractivity contribution in [1.82, 2.24) is 0 Å². The van der Waals surface area contributed by atoms with Crippen LogP contribution in [0.5, 0.6) is 11.5 Å². The third-order valence-corrected chi connectivity index (χ3v) is 4.67. The molecule has 0 bridgehead atoms. The highest BCUT2D eigenvalue weighted by atomic mass is 35.5. The quantitative estimate of drug-likeness (QED) is 0.437. The molecule has 4 rings (SSSR count). The summed E-state index contributed by atoms with van der Waals surface area (Å²) >= 11 is 5.99. The van der Waals surface area contributed by atoms with Crippen LogP contribution in [-0.4, -0.2) is 7.11 Å². The van der Waals surface area contributed by atoms with E-state index in [9.17, 15) is 4.79 Å². The van der Waals surface area contributed by atoms with E-state index in [1.807, 2.05) is 48.5 Å². The first-order valence-corrected chi connectivity index (χ1v) is 9.10. The molecule has 0 unspecified atom stereocenters. The number of halogens is 1. The summed E-state index contributed by atoms with van der Waals surface area (Å²) in [5.41, 5.74) is 2.46. The van der Waals surface area contributed by atoms with Gasteiger partial charge in [0.15, 0.2) is 0 Å². The largest absolute Gasteiger partial charge is 0.496 e. The molecule has 0 N–H and O–H groups in total. The second-order valence-electron chi connectivity index (χ2n) is 6.26. The van der Waals surface area contributed by atoms with E-state index in [1.54, 1.807) is 25.3 Å². The highest BCUT2D eigenvalue weighted by molar-refractivity contribution is 6.30. The fraction of sp³-hybridized carbons (Fsp3) is 0.0870. The fourth-order valence-electron chi connectivity index (χ4n) is 3.04. The van der Waals surface area contributed by atoms with Crippen LogP contribution in [0.15, 0.2) is 82.2 Å². The van der Waals surface area contributed by atoms with Gasteiger partial charge in [-0.05, 0) is 35.9 Å². The van der Waals surface area contributed by atoms with Gasteiger partial charge in [-0.15, -0.1) is 0 Å². The molecule has 1 heterocycles. The first-order chi connectivity index (χ1) is 13.7. The lowest BCUT2D eigenvalue weighted by Crippen LogP contribution is -2.06. The number of hydrogen-bond donors (Lipinski definition) is 0. The van der Waals surface area contributed by atoms with Gasteiger partial charge in [-0.3, -0.25) is 4.79 Å². The molecule has 3 aromatic carbocycles. The van der Waals surface area contributed by atoms with Gasteiger partial charge >= 0.3 is 0 Å². The molecule has 4 aromatic rings. The van der Waals surface area contributed by atoms with Gasteiger partial charge in [-0.2, -0.15) is 0 Å². The molecule has 28 heavy (non-hydrogen) atoms. The molecule has 0 atom stereocenters. The number of benzene rings is 3. The standard InChI is InChI=1S/C23H17ClO4/c1-26-21-8-3-2-7-18(21)20-14-28-22-12-17(9-10-19(22)23(20)25)27-13-15-5-4-6-16(24)11-15/h2-12,14H,13H2,1H3. The third kappa shape index (κ3) is 3.59. The average molecular weight is 393 g/mol. The van der Waals surface area contributed by atoms with Gasteiger partial charge in [0.25, 0.3) is 0 Å².